The van der Waals surface area contributed by atoms with E-state index in [2.05, 4.69) is 25.9 Å². The van der Waals surface area contributed by atoms with Gasteiger partial charge < -0.3 is 0 Å². The Balaban J connectivity index is 2.12. The van der Waals surface area contributed by atoms with Gasteiger partial charge in [0.25, 0.3) is 0 Å². The van der Waals surface area contributed by atoms with Crippen LogP contribution in [0.2, 0.25) is 0 Å². The van der Waals surface area contributed by atoms with E-state index in [1.807, 2.05) is 12.1 Å². The van der Waals surface area contributed by atoms with E-state index < -0.39 is 11.9 Å². The van der Waals surface area contributed by atoms with E-state index in [0.717, 1.165) is 10.5 Å². The Kier molecular flexibility index (Phi) is 3.88. The number of benzene rings is 1. The van der Waals surface area contributed by atoms with Crippen molar-refractivity contribution in [3.05, 3.63) is 62.9 Å². The zero-order valence-electron chi connectivity index (χ0n) is 14.2. The molecule has 0 N–H and O–H groups in total. The zero-order valence-corrected chi connectivity index (χ0v) is 15.8. The Bertz CT molecular complexity index is 1270. The quantitative estimate of drug-likeness (QED) is 0.445. The van der Waals surface area contributed by atoms with E-state index >= 15 is 0 Å². The second-order valence-electron chi connectivity index (χ2n) is 6.13. The minimum Gasteiger partial charge on any atom is -0.293 e. The lowest BCUT2D eigenvalue weighted by molar-refractivity contribution is -0.141. The highest BCUT2D eigenvalue weighted by Gasteiger charge is 2.33. The van der Waals surface area contributed by atoms with Gasteiger partial charge in [-0.2, -0.15) is 13.2 Å². The van der Waals surface area contributed by atoms with Gasteiger partial charge in [0.1, 0.15) is 5.69 Å². The minimum absolute atomic E-state index is 0.111. The Hall–Kier alpha value is -2.68. The van der Waals surface area contributed by atoms with Crippen molar-refractivity contribution in [3.8, 4) is 5.69 Å². The highest BCUT2D eigenvalue weighted by molar-refractivity contribution is 9.10. The third-order valence-electron chi connectivity index (χ3n) is 4.43. The monoisotopic (exact) mass is 436 g/mol. The number of nitrogens with zero attached hydrogens (tertiary/aromatic N) is 4. The van der Waals surface area contributed by atoms with Gasteiger partial charge in [-0.3, -0.25) is 14.1 Å². The number of hydrogen-bond donors (Lipinski definition) is 0. The molecule has 1 aromatic carbocycles. The van der Waals surface area contributed by atoms with Gasteiger partial charge in [-0.05, 0) is 37.3 Å². The number of alkyl halides is 3. The predicted molar refractivity (Wildman–Crippen MR) is 99.1 cm³/mol. The fraction of sp³-hybridized carbons (Fsp3) is 0.167. The average molecular weight is 437 g/mol. The summed E-state index contributed by atoms with van der Waals surface area (Å²) >= 11 is 3.41. The van der Waals surface area contributed by atoms with Crippen molar-refractivity contribution in [1.29, 1.82) is 0 Å². The summed E-state index contributed by atoms with van der Waals surface area (Å²) < 4.78 is 42.4. The van der Waals surface area contributed by atoms with Crippen molar-refractivity contribution >= 4 is 37.9 Å². The van der Waals surface area contributed by atoms with Gasteiger partial charge in [-0.1, -0.05) is 15.9 Å². The number of halogens is 4. The molecule has 0 aliphatic rings. The van der Waals surface area contributed by atoms with Crippen LogP contribution >= 0.6 is 15.9 Å². The molecule has 27 heavy (non-hydrogen) atoms. The van der Waals surface area contributed by atoms with Crippen molar-refractivity contribution in [2.45, 2.75) is 13.1 Å². The number of fused-ring (bicyclic) bond motifs is 3. The molecule has 4 aromatic rings. The van der Waals surface area contributed by atoms with Crippen LogP contribution in [0.1, 0.15) is 11.4 Å². The molecule has 0 saturated carbocycles. The first-order valence-electron chi connectivity index (χ1n) is 7.89. The van der Waals surface area contributed by atoms with E-state index in [1.54, 1.807) is 19.3 Å². The molecule has 0 aliphatic heterocycles. The summed E-state index contributed by atoms with van der Waals surface area (Å²) in [6, 6.07) is 7.62. The summed E-state index contributed by atoms with van der Waals surface area (Å²) in [5, 5.41) is 0.707. The maximum Gasteiger partial charge on any atom is 0.433 e. The topological polar surface area (TPSA) is 52.7 Å². The van der Waals surface area contributed by atoms with Gasteiger partial charge in [0.15, 0.2) is 0 Å². The summed E-state index contributed by atoms with van der Waals surface area (Å²) in [5.74, 6) is 0. The third-order valence-corrected chi connectivity index (χ3v) is 4.93. The smallest absolute Gasteiger partial charge is 0.293 e. The number of aryl methyl sites for hydroxylation is 2. The highest BCUT2D eigenvalue weighted by atomic mass is 79.9. The summed E-state index contributed by atoms with van der Waals surface area (Å²) in [7, 11) is 1.60. The number of rotatable bonds is 1. The standard InChI is InChI=1S/C18H12BrF3N4O/c1-9-13(5-6-15(24-9)18(20,21)22)26-16-11-7-10(19)3-4-12(11)23-8-14(16)25(2)17(26)27/h3-8H,1-2H3. The fourth-order valence-corrected chi connectivity index (χ4v) is 3.50. The van der Waals surface area contributed by atoms with Crippen LogP contribution in [0.15, 0.2) is 45.8 Å². The average Bonchev–Trinajstić information content (AvgIpc) is 2.86. The molecule has 3 heterocycles. The van der Waals surface area contributed by atoms with E-state index in [4.69, 9.17) is 0 Å². The van der Waals surface area contributed by atoms with Gasteiger partial charge in [0.2, 0.25) is 0 Å². The van der Waals surface area contributed by atoms with Crippen LogP contribution in [-0.2, 0) is 13.2 Å². The fourth-order valence-electron chi connectivity index (χ4n) is 3.14. The van der Waals surface area contributed by atoms with Crippen LogP contribution in [0.25, 0.3) is 27.6 Å². The molecule has 0 aliphatic carbocycles. The minimum atomic E-state index is -4.55. The molecule has 0 fully saturated rings. The molecule has 0 amide bonds. The van der Waals surface area contributed by atoms with Crippen LogP contribution in [0, 0.1) is 6.92 Å². The summed E-state index contributed by atoms with van der Waals surface area (Å²) in [4.78, 5) is 20.9. The normalized spacial score (nSPS) is 12.2. The van der Waals surface area contributed by atoms with Crippen LogP contribution in [0.3, 0.4) is 0 Å². The molecule has 4 rings (SSSR count). The van der Waals surface area contributed by atoms with Crippen LogP contribution in [0.5, 0.6) is 0 Å². The Labute approximate surface area is 159 Å². The first kappa shape index (κ1) is 17.7. The number of imidazole rings is 1. The molecule has 0 radical (unpaired) electrons. The lowest BCUT2D eigenvalue weighted by Crippen LogP contribution is -2.22. The molecule has 0 spiro atoms. The van der Waals surface area contributed by atoms with E-state index in [1.165, 1.54) is 22.1 Å². The van der Waals surface area contributed by atoms with Crippen molar-refractivity contribution in [2.75, 3.05) is 0 Å². The molecular weight excluding hydrogens is 425 g/mol. The Morgan fingerprint density at radius 2 is 1.89 bits per heavy atom. The van der Waals surface area contributed by atoms with Crippen molar-refractivity contribution in [2.24, 2.45) is 7.05 Å². The van der Waals surface area contributed by atoms with Crippen LogP contribution in [0.4, 0.5) is 13.2 Å². The van der Waals surface area contributed by atoms with Crippen molar-refractivity contribution in [3.63, 3.8) is 0 Å². The third kappa shape index (κ3) is 2.73. The van der Waals surface area contributed by atoms with Gasteiger partial charge in [0, 0.05) is 16.9 Å². The Morgan fingerprint density at radius 3 is 2.56 bits per heavy atom. The van der Waals surface area contributed by atoms with Gasteiger partial charge in [-0.15, -0.1) is 0 Å². The first-order valence-corrected chi connectivity index (χ1v) is 8.68. The highest BCUT2D eigenvalue weighted by Crippen LogP contribution is 2.31. The molecule has 0 bridgehead atoms. The van der Waals surface area contributed by atoms with Crippen LogP contribution < -0.4 is 5.69 Å². The van der Waals surface area contributed by atoms with E-state index in [0.29, 0.717) is 27.6 Å². The SMILES string of the molecule is Cc1nc(C(F)(F)F)ccc1-n1c(=O)n(C)c2cnc3ccc(Br)cc3c21. The molecule has 9 heteroatoms. The van der Waals surface area contributed by atoms with E-state index in [9.17, 15) is 18.0 Å². The first-order chi connectivity index (χ1) is 12.7. The maximum atomic E-state index is 12.9. The predicted octanol–water partition coefficient (Wildman–Crippen LogP) is 4.36. The van der Waals surface area contributed by atoms with E-state index in [-0.39, 0.29) is 11.4 Å². The molecule has 0 atom stereocenters. The molecule has 0 unspecified atom stereocenters. The number of hydrogen-bond acceptors (Lipinski definition) is 3. The van der Waals surface area contributed by atoms with Gasteiger partial charge >= 0.3 is 11.9 Å². The van der Waals surface area contributed by atoms with Crippen LogP contribution in [-0.4, -0.2) is 19.1 Å². The lowest BCUT2D eigenvalue weighted by Gasteiger charge is -2.11. The number of pyridine rings is 2. The Morgan fingerprint density at radius 1 is 1.15 bits per heavy atom. The van der Waals surface area contributed by atoms with Crippen molar-refractivity contribution < 1.29 is 13.2 Å². The van der Waals surface area contributed by atoms with Gasteiger partial charge in [-0.25, -0.2) is 9.78 Å². The molecule has 3 aromatic heterocycles. The maximum absolute atomic E-state index is 12.9. The summed E-state index contributed by atoms with van der Waals surface area (Å²) in [6.07, 6.45) is -2.97. The zero-order chi connectivity index (χ0) is 19.5. The van der Waals surface area contributed by atoms with Crippen molar-refractivity contribution in [1.82, 2.24) is 19.1 Å². The molecule has 5 nitrogen and oxygen atoms in total. The summed E-state index contributed by atoms with van der Waals surface area (Å²) in [5.41, 5.74) is 0.839. The van der Waals surface area contributed by atoms with Gasteiger partial charge in [0.05, 0.1) is 34.1 Å². The molecule has 0 saturated heterocycles. The lowest BCUT2D eigenvalue weighted by atomic mass is 10.2. The second-order valence-corrected chi connectivity index (χ2v) is 7.04. The second kappa shape index (κ2) is 5.91. The number of aromatic nitrogens is 4. The molecule has 138 valence electrons. The molecular formula is C18H12BrF3N4O. The summed E-state index contributed by atoms with van der Waals surface area (Å²) in [6.45, 7) is 1.45. The largest absolute Gasteiger partial charge is 0.433 e.